The largest absolute Gasteiger partial charge is 0.482 e. The molecule has 0 atom stereocenters. The molecule has 3 rings (SSSR count). The van der Waals surface area contributed by atoms with Gasteiger partial charge in [0.25, 0.3) is 0 Å². The first-order chi connectivity index (χ1) is 13.5. The van der Waals surface area contributed by atoms with Crippen LogP contribution in [-0.2, 0) is 13.2 Å². The van der Waals surface area contributed by atoms with Crippen molar-refractivity contribution in [3.05, 3.63) is 92.5 Å². The van der Waals surface area contributed by atoms with E-state index in [0.717, 1.165) is 12.1 Å². The first kappa shape index (κ1) is 18.7. The fourth-order valence-corrected chi connectivity index (χ4v) is 2.34. The maximum atomic E-state index is 11.3. The third-order valence-electron chi connectivity index (χ3n) is 3.67. The Bertz CT molecular complexity index is 905. The van der Waals surface area contributed by atoms with Gasteiger partial charge in [-0.3, -0.25) is 30.2 Å². The summed E-state index contributed by atoms with van der Waals surface area (Å²) in [6.07, 6.45) is 6.28. The number of nitrogens with zero attached hydrogens (tertiary/aromatic N) is 4. The summed E-state index contributed by atoms with van der Waals surface area (Å²) < 4.78 is 11.0. The van der Waals surface area contributed by atoms with E-state index in [-0.39, 0.29) is 24.7 Å². The van der Waals surface area contributed by atoms with E-state index in [1.807, 2.05) is 0 Å². The molecule has 0 N–H and O–H groups in total. The number of hydrogen-bond donors (Lipinski definition) is 0. The summed E-state index contributed by atoms with van der Waals surface area (Å²) >= 11 is 0. The van der Waals surface area contributed by atoms with Gasteiger partial charge >= 0.3 is 11.4 Å². The third kappa shape index (κ3) is 4.55. The normalized spacial score (nSPS) is 10.3. The lowest BCUT2D eigenvalue weighted by atomic mass is 10.2. The third-order valence-corrected chi connectivity index (χ3v) is 3.67. The van der Waals surface area contributed by atoms with Crippen LogP contribution in [-0.4, -0.2) is 19.8 Å². The second kappa shape index (κ2) is 8.54. The number of nitro benzene ring substituents is 2. The van der Waals surface area contributed by atoms with Gasteiger partial charge in [-0.2, -0.15) is 0 Å². The predicted octanol–water partition coefficient (Wildman–Crippen LogP) is 3.45. The Kier molecular flexibility index (Phi) is 5.70. The molecular weight excluding hydrogens is 368 g/mol. The van der Waals surface area contributed by atoms with E-state index in [2.05, 4.69) is 9.97 Å². The van der Waals surface area contributed by atoms with Gasteiger partial charge in [0.05, 0.1) is 9.85 Å². The molecule has 0 saturated carbocycles. The zero-order chi connectivity index (χ0) is 19.9. The minimum absolute atomic E-state index is 0.00847. The summed E-state index contributed by atoms with van der Waals surface area (Å²) in [5.41, 5.74) is 0.328. The minimum Gasteiger partial charge on any atom is -0.482 e. The van der Waals surface area contributed by atoms with Gasteiger partial charge in [0.2, 0.25) is 11.5 Å². The van der Waals surface area contributed by atoms with E-state index >= 15 is 0 Å². The van der Waals surface area contributed by atoms with Crippen LogP contribution in [0.5, 0.6) is 11.5 Å². The van der Waals surface area contributed by atoms with Crippen LogP contribution in [0.3, 0.4) is 0 Å². The molecule has 0 fully saturated rings. The maximum absolute atomic E-state index is 11.3. The van der Waals surface area contributed by atoms with Crippen LogP contribution in [0, 0.1) is 20.2 Å². The Balaban J connectivity index is 1.90. The molecule has 0 aliphatic carbocycles. The Hall–Kier alpha value is -4.08. The first-order valence-corrected chi connectivity index (χ1v) is 8.05. The van der Waals surface area contributed by atoms with E-state index in [4.69, 9.17) is 9.47 Å². The Morgan fingerprint density at radius 2 is 1.25 bits per heavy atom. The SMILES string of the molecule is O=[N+]([O-])c1cc([N+](=O)[O-])c(OCc2cccnc2)cc1OCc1cccnc1. The molecule has 0 aliphatic heterocycles. The monoisotopic (exact) mass is 382 g/mol. The number of aromatic nitrogens is 2. The van der Waals surface area contributed by atoms with E-state index in [0.29, 0.717) is 11.1 Å². The zero-order valence-corrected chi connectivity index (χ0v) is 14.4. The molecule has 0 spiro atoms. The predicted molar refractivity (Wildman–Crippen MR) is 96.9 cm³/mol. The second-order valence-electron chi connectivity index (χ2n) is 5.60. The molecule has 28 heavy (non-hydrogen) atoms. The average molecular weight is 382 g/mol. The van der Waals surface area contributed by atoms with Crippen molar-refractivity contribution in [1.82, 2.24) is 9.97 Å². The summed E-state index contributed by atoms with van der Waals surface area (Å²) in [6.45, 7) is 0.0169. The van der Waals surface area contributed by atoms with E-state index in [9.17, 15) is 20.2 Å². The van der Waals surface area contributed by atoms with E-state index in [1.54, 1.807) is 49.1 Å². The van der Waals surface area contributed by atoms with Gasteiger partial charge in [-0.05, 0) is 12.1 Å². The molecule has 10 heteroatoms. The molecule has 1 aromatic carbocycles. The van der Waals surface area contributed by atoms with Crippen LogP contribution in [0.25, 0.3) is 0 Å². The summed E-state index contributed by atoms with van der Waals surface area (Å²) in [7, 11) is 0. The molecule has 3 aromatic rings. The zero-order valence-electron chi connectivity index (χ0n) is 14.4. The van der Waals surface area contributed by atoms with Crippen LogP contribution in [0.4, 0.5) is 11.4 Å². The topological polar surface area (TPSA) is 131 Å². The van der Waals surface area contributed by atoms with Crippen LogP contribution in [0.2, 0.25) is 0 Å². The highest BCUT2D eigenvalue weighted by Gasteiger charge is 2.27. The quantitative estimate of drug-likeness (QED) is 0.427. The van der Waals surface area contributed by atoms with Gasteiger partial charge < -0.3 is 9.47 Å². The van der Waals surface area contributed by atoms with Gasteiger partial charge in [0.15, 0.2) is 0 Å². The number of ether oxygens (including phenoxy) is 2. The lowest BCUT2D eigenvalue weighted by Crippen LogP contribution is -2.04. The first-order valence-electron chi connectivity index (χ1n) is 8.05. The summed E-state index contributed by atoms with van der Waals surface area (Å²) in [5, 5.41) is 22.7. The van der Waals surface area contributed by atoms with Crippen LogP contribution < -0.4 is 9.47 Å². The smallest absolute Gasteiger partial charge is 0.318 e. The number of hydrogen-bond acceptors (Lipinski definition) is 8. The lowest BCUT2D eigenvalue weighted by molar-refractivity contribution is -0.395. The molecule has 0 radical (unpaired) electrons. The summed E-state index contributed by atoms with van der Waals surface area (Å²) in [4.78, 5) is 29.1. The molecule has 0 unspecified atom stereocenters. The number of rotatable bonds is 8. The number of pyridine rings is 2. The molecular formula is C18H14N4O6. The van der Waals surface area contributed by atoms with Crippen molar-refractivity contribution in [3.63, 3.8) is 0 Å². The Labute approximate surface area is 158 Å². The molecule has 0 amide bonds. The average Bonchev–Trinajstić information content (AvgIpc) is 2.71. The van der Waals surface area contributed by atoms with Gasteiger partial charge in [0.1, 0.15) is 19.3 Å². The number of benzene rings is 1. The van der Waals surface area contributed by atoms with Crippen molar-refractivity contribution >= 4 is 11.4 Å². The van der Waals surface area contributed by atoms with Crippen molar-refractivity contribution < 1.29 is 19.3 Å². The summed E-state index contributed by atoms with van der Waals surface area (Å²) in [6, 6.07) is 8.87. The molecule has 0 bridgehead atoms. The molecule has 142 valence electrons. The molecule has 0 saturated heterocycles. The minimum atomic E-state index is -0.740. The molecule has 0 aliphatic rings. The molecule has 10 nitrogen and oxygen atoms in total. The van der Waals surface area contributed by atoms with Gasteiger partial charge in [-0.15, -0.1) is 0 Å². The van der Waals surface area contributed by atoms with Crippen LogP contribution >= 0.6 is 0 Å². The van der Waals surface area contributed by atoms with Crippen LogP contribution in [0.15, 0.2) is 61.2 Å². The fourth-order valence-electron chi connectivity index (χ4n) is 2.34. The number of nitro groups is 2. The standard InChI is InChI=1S/C18H14N4O6/c23-21(24)15-7-16(22(25)26)18(28-12-14-4-2-6-20-10-14)8-17(15)27-11-13-3-1-5-19-9-13/h1-10H,11-12H2. The Morgan fingerprint density at radius 1 is 0.786 bits per heavy atom. The van der Waals surface area contributed by atoms with Crippen molar-refractivity contribution in [1.29, 1.82) is 0 Å². The van der Waals surface area contributed by atoms with Crippen molar-refractivity contribution in [2.45, 2.75) is 13.2 Å². The fraction of sp³-hybridized carbons (Fsp3) is 0.111. The van der Waals surface area contributed by atoms with Gasteiger partial charge in [-0.1, -0.05) is 12.1 Å². The van der Waals surface area contributed by atoms with Crippen molar-refractivity contribution in [2.24, 2.45) is 0 Å². The second-order valence-corrected chi connectivity index (χ2v) is 5.60. The summed E-state index contributed by atoms with van der Waals surface area (Å²) in [5.74, 6) is -0.277. The highest BCUT2D eigenvalue weighted by atomic mass is 16.6. The van der Waals surface area contributed by atoms with Crippen molar-refractivity contribution in [3.8, 4) is 11.5 Å². The maximum Gasteiger partial charge on any atom is 0.318 e. The molecule has 2 heterocycles. The van der Waals surface area contributed by atoms with E-state index in [1.165, 1.54) is 0 Å². The lowest BCUT2D eigenvalue weighted by Gasteiger charge is -2.11. The van der Waals surface area contributed by atoms with Gasteiger partial charge in [-0.25, -0.2) is 0 Å². The highest BCUT2D eigenvalue weighted by Crippen LogP contribution is 2.39. The molecule has 2 aromatic heterocycles. The van der Waals surface area contributed by atoms with Crippen LogP contribution in [0.1, 0.15) is 11.1 Å². The van der Waals surface area contributed by atoms with E-state index < -0.39 is 21.2 Å². The highest BCUT2D eigenvalue weighted by molar-refractivity contribution is 5.61. The Morgan fingerprint density at radius 3 is 1.61 bits per heavy atom. The van der Waals surface area contributed by atoms with Gasteiger partial charge in [0, 0.05) is 42.0 Å². The van der Waals surface area contributed by atoms with Crippen molar-refractivity contribution in [2.75, 3.05) is 0 Å².